The second-order valence-corrected chi connectivity index (χ2v) is 5.99. The van der Waals surface area contributed by atoms with E-state index in [9.17, 15) is 24.5 Å². The summed E-state index contributed by atoms with van der Waals surface area (Å²) in [6.07, 6.45) is 0.0425. The fourth-order valence-electron chi connectivity index (χ4n) is 2.56. The van der Waals surface area contributed by atoms with Gasteiger partial charge in [-0.1, -0.05) is 0 Å². The number of nitro groups is 1. The van der Waals surface area contributed by atoms with E-state index in [0.29, 0.717) is 17.3 Å². The van der Waals surface area contributed by atoms with Gasteiger partial charge in [0.15, 0.2) is 5.52 Å². The predicted octanol–water partition coefficient (Wildman–Crippen LogP) is 0.183. The molecule has 2 amide bonds. The van der Waals surface area contributed by atoms with Crippen molar-refractivity contribution in [3.8, 4) is 0 Å². The molecule has 1 saturated heterocycles. The van der Waals surface area contributed by atoms with E-state index in [-0.39, 0.29) is 49.4 Å². The van der Waals surface area contributed by atoms with E-state index in [1.165, 1.54) is 12.1 Å². The number of benzene rings is 1. The molecule has 2 heterocycles. The number of anilines is 1. The summed E-state index contributed by atoms with van der Waals surface area (Å²) in [7, 11) is 0. The van der Waals surface area contributed by atoms with Crippen LogP contribution in [0, 0.1) is 10.1 Å². The van der Waals surface area contributed by atoms with Crippen molar-refractivity contribution >= 4 is 40.2 Å². The highest BCUT2D eigenvalue weighted by Crippen LogP contribution is 2.28. The number of nitrogens with zero attached hydrogens (tertiary/aromatic N) is 4. The number of carbonyl (C=O) groups is 3. The summed E-state index contributed by atoms with van der Waals surface area (Å²) in [5.41, 5.74) is 0.581. The Kier molecular flexibility index (Phi) is 6.82. The first-order chi connectivity index (χ1) is 14.5. The molecule has 1 aromatic heterocycles. The Bertz CT molecular complexity index is 944. The lowest BCUT2D eigenvalue weighted by molar-refractivity contribution is -0.383. The summed E-state index contributed by atoms with van der Waals surface area (Å²) in [5.74, 6) is -1.98. The van der Waals surface area contributed by atoms with Gasteiger partial charge in [0.25, 0.3) is 11.8 Å². The summed E-state index contributed by atoms with van der Waals surface area (Å²) in [6, 6.07) is 2.79. The Balaban J connectivity index is 1.30. The molecule has 160 valence electrons. The fraction of sp³-hybridized carbons (Fsp3) is 0.438. The molecule has 14 nitrogen and oxygen atoms in total. The van der Waals surface area contributed by atoms with E-state index in [1.807, 2.05) is 0 Å². The second kappa shape index (κ2) is 9.71. The van der Waals surface area contributed by atoms with Crippen molar-refractivity contribution < 1.29 is 38.2 Å². The van der Waals surface area contributed by atoms with Gasteiger partial charge in [-0.15, -0.1) is 5.06 Å². The van der Waals surface area contributed by atoms with Crippen LogP contribution in [0.4, 0.5) is 11.4 Å². The Morgan fingerprint density at radius 1 is 1.13 bits per heavy atom. The molecule has 1 aliphatic heterocycles. The molecule has 14 heteroatoms. The third-order valence-corrected chi connectivity index (χ3v) is 3.94. The zero-order chi connectivity index (χ0) is 21.5. The van der Waals surface area contributed by atoms with Crippen LogP contribution in [0.1, 0.15) is 12.8 Å². The van der Waals surface area contributed by atoms with Gasteiger partial charge >= 0.3 is 11.7 Å². The van der Waals surface area contributed by atoms with Crippen molar-refractivity contribution in [3.63, 3.8) is 0 Å². The number of hydrogen-bond acceptors (Lipinski definition) is 12. The molecule has 0 radical (unpaired) electrons. The maximum Gasteiger partial charge on any atom is 0.358 e. The quantitative estimate of drug-likeness (QED) is 0.225. The van der Waals surface area contributed by atoms with Gasteiger partial charge < -0.3 is 19.6 Å². The summed E-state index contributed by atoms with van der Waals surface area (Å²) in [5, 5.41) is 21.6. The number of fused-ring (bicyclic) bond motifs is 1. The van der Waals surface area contributed by atoms with Gasteiger partial charge in [-0.3, -0.25) is 19.7 Å². The molecule has 1 aromatic carbocycles. The molecule has 1 fully saturated rings. The van der Waals surface area contributed by atoms with Gasteiger partial charge in [0, 0.05) is 25.5 Å². The van der Waals surface area contributed by atoms with E-state index in [1.54, 1.807) is 0 Å². The molecule has 3 rings (SSSR count). The highest BCUT2D eigenvalue weighted by atomic mass is 16.7. The van der Waals surface area contributed by atoms with Crippen LogP contribution >= 0.6 is 0 Å². The first-order valence-corrected chi connectivity index (χ1v) is 8.83. The fourth-order valence-corrected chi connectivity index (χ4v) is 2.56. The Hall–Kier alpha value is -3.65. The average Bonchev–Trinajstić information content (AvgIpc) is 3.32. The zero-order valence-electron chi connectivity index (χ0n) is 15.6. The van der Waals surface area contributed by atoms with E-state index < -0.39 is 29.3 Å². The van der Waals surface area contributed by atoms with Crippen LogP contribution in [-0.2, 0) is 28.7 Å². The zero-order valence-corrected chi connectivity index (χ0v) is 15.6. The first kappa shape index (κ1) is 21.1. The van der Waals surface area contributed by atoms with Crippen LogP contribution in [0.3, 0.4) is 0 Å². The van der Waals surface area contributed by atoms with Crippen molar-refractivity contribution in [2.75, 3.05) is 38.3 Å². The van der Waals surface area contributed by atoms with Crippen LogP contribution in [0.15, 0.2) is 16.8 Å². The second-order valence-electron chi connectivity index (χ2n) is 5.99. The highest BCUT2D eigenvalue weighted by molar-refractivity contribution is 6.01. The van der Waals surface area contributed by atoms with E-state index >= 15 is 0 Å². The van der Waals surface area contributed by atoms with E-state index in [0.717, 1.165) is 0 Å². The number of imide groups is 1. The average molecular weight is 423 g/mol. The lowest BCUT2D eigenvalue weighted by Gasteiger charge is -2.12. The van der Waals surface area contributed by atoms with Crippen molar-refractivity contribution in [3.05, 3.63) is 22.2 Å². The molecule has 0 aliphatic carbocycles. The molecule has 1 N–H and O–H groups in total. The SMILES string of the molecule is O=C(COCCOCCNc1ccc([N+](=O)[O-])c2nonc12)ON1C(=O)CCC1=O. The summed E-state index contributed by atoms with van der Waals surface area (Å²) in [4.78, 5) is 49.2. The number of hydroxylamine groups is 2. The van der Waals surface area contributed by atoms with Crippen LogP contribution in [0.2, 0.25) is 0 Å². The van der Waals surface area contributed by atoms with E-state index in [4.69, 9.17) is 9.47 Å². The third kappa shape index (κ3) is 5.03. The standard InChI is InChI=1S/C16H17N5O9/c22-12-3-4-13(23)20(12)29-14(24)9-28-8-7-27-6-5-17-10-1-2-11(21(25)26)16-15(10)18-30-19-16/h1-2,17H,3-9H2. The minimum atomic E-state index is -0.858. The molecule has 0 unspecified atom stereocenters. The number of amides is 2. The molecular formula is C16H17N5O9. The molecule has 1 aliphatic rings. The number of non-ortho nitro benzene ring substituents is 1. The molecule has 2 aromatic rings. The molecule has 30 heavy (non-hydrogen) atoms. The van der Waals surface area contributed by atoms with Gasteiger partial charge in [0.2, 0.25) is 5.52 Å². The van der Waals surface area contributed by atoms with Crippen molar-refractivity contribution in [1.29, 1.82) is 0 Å². The largest absolute Gasteiger partial charge is 0.381 e. The Morgan fingerprint density at radius 3 is 2.57 bits per heavy atom. The third-order valence-electron chi connectivity index (χ3n) is 3.94. The number of aromatic nitrogens is 2. The Labute approximate surface area is 168 Å². The summed E-state index contributed by atoms with van der Waals surface area (Å²) < 4.78 is 15.0. The van der Waals surface area contributed by atoms with Crippen LogP contribution in [0.25, 0.3) is 11.0 Å². The Morgan fingerprint density at radius 2 is 1.83 bits per heavy atom. The first-order valence-electron chi connectivity index (χ1n) is 8.83. The van der Waals surface area contributed by atoms with Crippen molar-refractivity contribution in [1.82, 2.24) is 15.4 Å². The van der Waals surface area contributed by atoms with Crippen molar-refractivity contribution in [2.24, 2.45) is 0 Å². The molecule has 0 saturated carbocycles. The van der Waals surface area contributed by atoms with Crippen LogP contribution < -0.4 is 5.32 Å². The lowest BCUT2D eigenvalue weighted by Crippen LogP contribution is -2.33. The maximum absolute atomic E-state index is 11.5. The molecular weight excluding hydrogens is 406 g/mol. The number of rotatable bonds is 11. The van der Waals surface area contributed by atoms with Gasteiger partial charge in [-0.2, -0.15) is 0 Å². The molecule has 0 spiro atoms. The molecule has 0 bridgehead atoms. The smallest absolute Gasteiger partial charge is 0.358 e. The van der Waals surface area contributed by atoms with E-state index in [2.05, 4.69) is 25.1 Å². The summed E-state index contributed by atoms with van der Waals surface area (Å²) in [6.45, 7) is 0.470. The van der Waals surface area contributed by atoms with Gasteiger partial charge in [-0.25, -0.2) is 9.42 Å². The van der Waals surface area contributed by atoms with Crippen molar-refractivity contribution in [2.45, 2.75) is 12.8 Å². The normalized spacial score (nSPS) is 13.8. The number of hydrogen-bond donors (Lipinski definition) is 1. The number of nitrogens with one attached hydrogen (secondary N) is 1. The van der Waals surface area contributed by atoms with Crippen LogP contribution in [-0.4, -0.2) is 71.1 Å². The number of nitro benzene ring substituents is 1. The minimum absolute atomic E-state index is 0.0212. The van der Waals surface area contributed by atoms with Crippen LogP contribution in [0.5, 0.6) is 0 Å². The summed E-state index contributed by atoms with van der Waals surface area (Å²) >= 11 is 0. The topological polar surface area (TPSA) is 176 Å². The maximum atomic E-state index is 11.5. The van der Waals surface area contributed by atoms with Gasteiger partial charge in [-0.05, 0) is 16.4 Å². The lowest BCUT2D eigenvalue weighted by atomic mass is 10.2. The minimum Gasteiger partial charge on any atom is -0.381 e. The highest BCUT2D eigenvalue weighted by Gasteiger charge is 2.32. The number of carbonyl (C=O) groups excluding carboxylic acids is 3. The predicted molar refractivity (Wildman–Crippen MR) is 95.8 cm³/mol. The van der Waals surface area contributed by atoms with Gasteiger partial charge in [0.05, 0.1) is 30.4 Å². The number of ether oxygens (including phenoxy) is 2. The molecule has 0 atom stereocenters. The monoisotopic (exact) mass is 423 g/mol. The van der Waals surface area contributed by atoms with Gasteiger partial charge in [0.1, 0.15) is 6.61 Å².